The molecule has 0 heterocycles. The Morgan fingerprint density at radius 3 is 1.21 bits per heavy atom. The van der Waals surface area contributed by atoms with Gasteiger partial charge in [0.1, 0.15) is 13.2 Å². The number of carbonyl (C=O) groups excluding carboxylic acids is 3. The molecular formula is C61H109NO8. The first kappa shape index (κ1) is 67.0. The van der Waals surface area contributed by atoms with Gasteiger partial charge >= 0.3 is 11.9 Å². The lowest BCUT2D eigenvalue weighted by Gasteiger charge is -2.26. The molecule has 0 spiro atoms. The van der Waals surface area contributed by atoms with E-state index in [1.54, 1.807) is 0 Å². The number of esters is 2. The molecule has 9 heteroatoms. The maximum absolute atomic E-state index is 12.9. The topological polar surface area (TPSA) is 111 Å². The highest BCUT2D eigenvalue weighted by Gasteiger charge is 2.22. The number of ether oxygens (including phenoxy) is 4. The maximum Gasteiger partial charge on any atom is 0.306 e. The fraction of sp³-hybridized carbons (Fsp3) is 0.787. The molecule has 0 bridgehead atoms. The minimum Gasteiger partial charge on any atom is -0.545 e. The van der Waals surface area contributed by atoms with Crippen molar-refractivity contribution in [2.45, 2.75) is 264 Å². The van der Waals surface area contributed by atoms with Crippen molar-refractivity contribution in [1.29, 1.82) is 0 Å². The zero-order valence-corrected chi connectivity index (χ0v) is 46.1. The van der Waals surface area contributed by atoms with Crippen molar-refractivity contribution < 1.29 is 42.9 Å². The van der Waals surface area contributed by atoms with E-state index < -0.39 is 24.3 Å². The number of carboxylic acid groups (broad SMARTS) is 1. The van der Waals surface area contributed by atoms with Gasteiger partial charge in [-0.25, -0.2) is 0 Å². The Bertz CT molecular complexity index is 1330. The minimum atomic E-state index is -1.62. The van der Waals surface area contributed by atoms with Crippen molar-refractivity contribution in [3.8, 4) is 0 Å². The molecule has 406 valence electrons. The fourth-order valence-corrected chi connectivity index (χ4v) is 8.09. The molecule has 0 radical (unpaired) electrons. The van der Waals surface area contributed by atoms with E-state index >= 15 is 0 Å². The highest BCUT2D eigenvalue weighted by atomic mass is 16.7. The van der Waals surface area contributed by atoms with Crippen molar-refractivity contribution in [3.63, 3.8) is 0 Å². The SMILES string of the molecule is CC/C=C\C/C=C\C/C=C\C/C=C\C/C=C\CCCCCCCCCCCCCCCCCC(=O)OC(COC(=O)CCCCCCCCCCCCCCCC)COC(OCC[N+](C)(C)C)C(=O)[O-]. The Labute approximate surface area is 431 Å². The van der Waals surface area contributed by atoms with Crippen molar-refractivity contribution in [2.24, 2.45) is 0 Å². The zero-order chi connectivity index (χ0) is 51.3. The van der Waals surface area contributed by atoms with Crippen LogP contribution in [0.1, 0.15) is 251 Å². The molecule has 0 aliphatic rings. The highest BCUT2D eigenvalue weighted by Crippen LogP contribution is 2.17. The van der Waals surface area contributed by atoms with Gasteiger partial charge in [-0.05, 0) is 57.8 Å². The first-order chi connectivity index (χ1) is 34.1. The van der Waals surface area contributed by atoms with E-state index in [0.717, 1.165) is 64.2 Å². The third-order valence-electron chi connectivity index (χ3n) is 12.5. The lowest BCUT2D eigenvalue weighted by atomic mass is 10.0. The van der Waals surface area contributed by atoms with Gasteiger partial charge in [0, 0.05) is 12.8 Å². The fourth-order valence-electron chi connectivity index (χ4n) is 8.09. The summed E-state index contributed by atoms with van der Waals surface area (Å²) in [4.78, 5) is 37.2. The number of nitrogens with zero attached hydrogens (tertiary/aromatic N) is 1. The van der Waals surface area contributed by atoms with E-state index in [9.17, 15) is 19.5 Å². The van der Waals surface area contributed by atoms with E-state index in [1.807, 2.05) is 21.1 Å². The summed E-state index contributed by atoms with van der Waals surface area (Å²) in [5, 5.41) is 11.8. The molecule has 0 saturated carbocycles. The van der Waals surface area contributed by atoms with Crippen molar-refractivity contribution in [2.75, 3.05) is 47.5 Å². The number of allylic oxidation sites excluding steroid dienone is 10. The average molecular weight is 985 g/mol. The molecule has 0 aliphatic heterocycles. The van der Waals surface area contributed by atoms with Crippen LogP contribution in [0.25, 0.3) is 0 Å². The predicted octanol–water partition coefficient (Wildman–Crippen LogP) is 15.5. The lowest BCUT2D eigenvalue weighted by molar-refractivity contribution is -0.870. The Morgan fingerprint density at radius 2 is 0.814 bits per heavy atom. The summed E-state index contributed by atoms with van der Waals surface area (Å²) in [5.74, 6) is -2.27. The van der Waals surface area contributed by atoms with Crippen LogP contribution in [0.3, 0.4) is 0 Å². The van der Waals surface area contributed by atoms with Crippen LogP contribution in [0, 0.1) is 0 Å². The van der Waals surface area contributed by atoms with Crippen LogP contribution in [-0.2, 0) is 33.3 Å². The summed E-state index contributed by atoms with van der Waals surface area (Å²) in [6.07, 6.45) is 62.7. The van der Waals surface area contributed by atoms with Crippen LogP contribution < -0.4 is 5.11 Å². The van der Waals surface area contributed by atoms with Gasteiger partial charge in [0.25, 0.3) is 0 Å². The van der Waals surface area contributed by atoms with Gasteiger partial charge in [-0.2, -0.15) is 0 Å². The molecule has 9 nitrogen and oxygen atoms in total. The second-order valence-electron chi connectivity index (χ2n) is 20.6. The summed E-state index contributed by atoms with van der Waals surface area (Å²) in [6, 6.07) is 0. The normalized spacial score (nSPS) is 13.2. The van der Waals surface area contributed by atoms with E-state index in [-0.39, 0.29) is 32.2 Å². The monoisotopic (exact) mass is 984 g/mol. The molecular weight excluding hydrogens is 875 g/mol. The van der Waals surface area contributed by atoms with E-state index in [4.69, 9.17) is 18.9 Å². The number of hydrogen-bond donors (Lipinski definition) is 0. The lowest BCUT2D eigenvalue weighted by Crippen LogP contribution is -2.44. The molecule has 0 saturated heterocycles. The quantitative estimate of drug-likeness (QED) is 0.0195. The maximum atomic E-state index is 12.9. The summed E-state index contributed by atoms with van der Waals surface area (Å²) in [6.45, 7) is 4.65. The molecule has 0 aromatic heterocycles. The Kier molecular flexibility index (Phi) is 50.1. The van der Waals surface area contributed by atoms with Crippen LogP contribution in [0.2, 0.25) is 0 Å². The highest BCUT2D eigenvalue weighted by molar-refractivity contribution is 5.70. The van der Waals surface area contributed by atoms with Crippen molar-refractivity contribution >= 4 is 17.9 Å². The van der Waals surface area contributed by atoms with Gasteiger partial charge < -0.3 is 33.3 Å². The number of rotatable bonds is 53. The van der Waals surface area contributed by atoms with Gasteiger partial charge in [-0.3, -0.25) is 9.59 Å². The first-order valence-corrected chi connectivity index (χ1v) is 28.9. The standard InChI is InChI=1S/C61H109NO8/c1-6-8-10-12-14-16-18-20-22-23-24-25-26-27-28-29-30-31-32-33-34-35-36-37-38-40-42-44-46-48-50-52-59(64)70-57(56-69-61(60(65)66)67-54-53-62(3,4)5)55-68-58(63)51-49-47-45-43-41-39-21-19-17-15-13-11-9-7-2/h8,10,14,16,20,22,24-25,27-28,57,61H,6-7,9,11-13,15,17-19,21,23,26,29-56H2,1-5H3/b10-8-,16-14-,22-20-,25-24-,28-27-. The Hall–Kier alpha value is -3.01. The van der Waals surface area contributed by atoms with Gasteiger partial charge in [0.2, 0.25) is 0 Å². The number of aliphatic carboxylic acids is 1. The predicted molar refractivity (Wildman–Crippen MR) is 292 cm³/mol. The van der Waals surface area contributed by atoms with Crippen LogP contribution >= 0.6 is 0 Å². The van der Waals surface area contributed by atoms with E-state index in [1.165, 1.54) is 154 Å². The number of hydrogen-bond acceptors (Lipinski definition) is 8. The zero-order valence-electron chi connectivity index (χ0n) is 46.1. The molecule has 0 amide bonds. The number of likely N-dealkylation sites (N-methyl/N-ethyl adjacent to an activating group) is 1. The largest absolute Gasteiger partial charge is 0.545 e. The first-order valence-electron chi connectivity index (χ1n) is 28.9. The van der Waals surface area contributed by atoms with Gasteiger partial charge in [0.05, 0.1) is 40.3 Å². The number of carbonyl (C=O) groups is 3. The number of carboxylic acids is 1. The van der Waals surface area contributed by atoms with Crippen LogP contribution in [-0.4, -0.2) is 82.3 Å². The average Bonchev–Trinajstić information content (AvgIpc) is 3.33. The molecule has 2 unspecified atom stereocenters. The molecule has 0 aromatic carbocycles. The Balaban J connectivity index is 4.14. The summed E-state index contributed by atoms with van der Waals surface area (Å²) in [7, 11) is 5.92. The molecule has 0 rings (SSSR count). The molecule has 0 N–H and O–H groups in total. The van der Waals surface area contributed by atoms with E-state index in [0.29, 0.717) is 23.9 Å². The second-order valence-corrected chi connectivity index (χ2v) is 20.6. The molecule has 2 atom stereocenters. The van der Waals surface area contributed by atoms with E-state index in [2.05, 4.69) is 74.6 Å². The summed E-state index contributed by atoms with van der Waals surface area (Å²) < 4.78 is 22.7. The van der Waals surface area contributed by atoms with Crippen LogP contribution in [0.5, 0.6) is 0 Å². The molecule has 0 aromatic rings. The molecule has 0 aliphatic carbocycles. The minimum absolute atomic E-state index is 0.148. The number of quaternary nitrogens is 1. The van der Waals surface area contributed by atoms with Gasteiger partial charge in [-0.1, -0.05) is 242 Å². The summed E-state index contributed by atoms with van der Waals surface area (Å²) in [5.41, 5.74) is 0. The van der Waals surface area contributed by atoms with Crippen molar-refractivity contribution in [1.82, 2.24) is 0 Å². The molecule has 70 heavy (non-hydrogen) atoms. The second kappa shape index (κ2) is 52.3. The van der Waals surface area contributed by atoms with Crippen molar-refractivity contribution in [3.05, 3.63) is 60.8 Å². The van der Waals surface area contributed by atoms with Gasteiger partial charge in [0.15, 0.2) is 12.4 Å². The van der Waals surface area contributed by atoms with Gasteiger partial charge in [-0.15, -0.1) is 0 Å². The van der Waals surface area contributed by atoms with Crippen LogP contribution in [0.15, 0.2) is 60.8 Å². The number of unbranched alkanes of at least 4 members (excludes halogenated alkanes) is 28. The summed E-state index contributed by atoms with van der Waals surface area (Å²) >= 11 is 0. The Morgan fingerprint density at radius 1 is 0.443 bits per heavy atom. The third-order valence-corrected chi connectivity index (χ3v) is 12.5. The smallest absolute Gasteiger partial charge is 0.306 e. The molecule has 0 fully saturated rings. The third kappa shape index (κ3) is 52.8. The van der Waals surface area contributed by atoms with Crippen LogP contribution in [0.4, 0.5) is 0 Å².